The van der Waals surface area contributed by atoms with E-state index in [-0.39, 0.29) is 5.91 Å². The molecule has 0 aliphatic carbocycles. The molecule has 4 nitrogen and oxygen atoms in total. The highest BCUT2D eigenvalue weighted by Gasteiger charge is 2.11. The van der Waals surface area contributed by atoms with Crippen LogP contribution in [-0.2, 0) is 6.61 Å². The van der Waals surface area contributed by atoms with Crippen molar-refractivity contribution in [3.05, 3.63) is 74.9 Å². The first-order valence-corrected chi connectivity index (χ1v) is 9.81. The van der Waals surface area contributed by atoms with E-state index >= 15 is 0 Å². The van der Waals surface area contributed by atoms with Gasteiger partial charge in [0, 0.05) is 16.3 Å². The van der Waals surface area contributed by atoms with E-state index in [4.69, 9.17) is 21.1 Å². The molecule has 27 heavy (non-hydrogen) atoms. The molecule has 3 rings (SSSR count). The smallest absolute Gasteiger partial charge is 0.265 e. The van der Waals surface area contributed by atoms with Crippen molar-refractivity contribution in [2.45, 2.75) is 20.5 Å². The molecule has 2 aromatic carbocycles. The van der Waals surface area contributed by atoms with E-state index in [2.05, 4.69) is 5.32 Å². The SMILES string of the molecule is CCOc1ccc(NC(=O)c2cc(COc3ccc(Cl)cc3C)cs2)cc1. The summed E-state index contributed by atoms with van der Waals surface area (Å²) in [5, 5.41) is 5.50. The van der Waals surface area contributed by atoms with Crippen molar-refractivity contribution < 1.29 is 14.3 Å². The lowest BCUT2D eigenvalue weighted by Gasteiger charge is -2.08. The van der Waals surface area contributed by atoms with E-state index < -0.39 is 0 Å². The molecule has 0 saturated heterocycles. The first-order chi connectivity index (χ1) is 13.0. The van der Waals surface area contributed by atoms with Gasteiger partial charge in [0.05, 0.1) is 11.5 Å². The third-order valence-corrected chi connectivity index (χ3v) is 5.04. The number of aryl methyl sites for hydroxylation is 1. The largest absolute Gasteiger partial charge is 0.494 e. The van der Waals surface area contributed by atoms with Crippen LogP contribution in [-0.4, -0.2) is 12.5 Å². The van der Waals surface area contributed by atoms with E-state index in [0.29, 0.717) is 23.1 Å². The lowest BCUT2D eigenvalue weighted by molar-refractivity contribution is 0.103. The van der Waals surface area contributed by atoms with Crippen molar-refractivity contribution in [2.75, 3.05) is 11.9 Å². The number of hydrogen-bond donors (Lipinski definition) is 1. The number of carbonyl (C=O) groups is 1. The summed E-state index contributed by atoms with van der Waals surface area (Å²) in [5.41, 5.74) is 2.66. The Morgan fingerprint density at radius 3 is 2.59 bits per heavy atom. The molecule has 0 fully saturated rings. The normalized spacial score (nSPS) is 10.5. The highest BCUT2D eigenvalue weighted by Crippen LogP contribution is 2.24. The summed E-state index contributed by atoms with van der Waals surface area (Å²) in [6.45, 7) is 4.89. The molecule has 0 radical (unpaired) electrons. The van der Waals surface area contributed by atoms with Crippen LogP contribution in [0.3, 0.4) is 0 Å². The highest BCUT2D eigenvalue weighted by molar-refractivity contribution is 7.12. The number of anilines is 1. The van der Waals surface area contributed by atoms with Gasteiger partial charge in [-0.1, -0.05) is 11.6 Å². The van der Waals surface area contributed by atoms with E-state index in [9.17, 15) is 4.79 Å². The van der Waals surface area contributed by atoms with Gasteiger partial charge in [-0.3, -0.25) is 4.79 Å². The standard InChI is InChI=1S/C21H20ClNO3S/c1-3-25-18-7-5-17(6-8-18)23-21(24)20-11-15(13-27-20)12-26-19-9-4-16(22)10-14(19)2/h4-11,13H,3,12H2,1-2H3,(H,23,24). The Labute approximate surface area is 167 Å². The lowest BCUT2D eigenvalue weighted by Crippen LogP contribution is -2.10. The van der Waals surface area contributed by atoms with Crippen LogP contribution >= 0.6 is 22.9 Å². The van der Waals surface area contributed by atoms with Crippen LogP contribution in [0.5, 0.6) is 11.5 Å². The Morgan fingerprint density at radius 1 is 1.11 bits per heavy atom. The second kappa shape index (κ2) is 8.93. The van der Waals surface area contributed by atoms with Crippen LogP contribution in [0.2, 0.25) is 5.02 Å². The summed E-state index contributed by atoms with van der Waals surface area (Å²) in [7, 11) is 0. The van der Waals surface area contributed by atoms with Crippen LogP contribution in [0.4, 0.5) is 5.69 Å². The topological polar surface area (TPSA) is 47.6 Å². The molecule has 3 aromatic rings. The Balaban J connectivity index is 1.58. The van der Waals surface area contributed by atoms with Crippen molar-refractivity contribution in [1.29, 1.82) is 0 Å². The van der Waals surface area contributed by atoms with E-state index in [1.54, 1.807) is 6.07 Å². The number of hydrogen-bond acceptors (Lipinski definition) is 4. The Morgan fingerprint density at radius 2 is 1.89 bits per heavy atom. The van der Waals surface area contributed by atoms with Crippen molar-refractivity contribution >= 4 is 34.5 Å². The van der Waals surface area contributed by atoms with Crippen LogP contribution < -0.4 is 14.8 Å². The molecular weight excluding hydrogens is 382 g/mol. The third-order valence-electron chi connectivity index (χ3n) is 3.83. The summed E-state index contributed by atoms with van der Waals surface area (Å²) < 4.78 is 11.2. The van der Waals surface area contributed by atoms with Crippen LogP contribution in [0.25, 0.3) is 0 Å². The number of benzene rings is 2. The monoisotopic (exact) mass is 401 g/mol. The predicted octanol–water partition coefficient (Wildman–Crippen LogP) is 5.94. The predicted molar refractivity (Wildman–Crippen MR) is 110 cm³/mol. The molecule has 6 heteroatoms. The molecule has 0 spiro atoms. The molecule has 1 N–H and O–H groups in total. The summed E-state index contributed by atoms with van der Waals surface area (Å²) >= 11 is 7.35. The molecule has 0 atom stereocenters. The maximum Gasteiger partial charge on any atom is 0.265 e. The minimum atomic E-state index is -0.141. The minimum absolute atomic E-state index is 0.141. The van der Waals surface area contributed by atoms with Crippen molar-refractivity contribution in [3.8, 4) is 11.5 Å². The van der Waals surface area contributed by atoms with Gasteiger partial charge in [0.2, 0.25) is 0 Å². The van der Waals surface area contributed by atoms with Crippen LogP contribution in [0.15, 0.2) is 53.9 Å². The fourth-order valence-corrected chi connectivity index (χ4v) is 3.52. The Bertz CT molecular complexity index is 921. The fraction of sp³-hybridized carbons (Fsp3) is 0.190. The lowest BCUT2D eigenvalue weighted by atomic mass is 10.2. The average Bonchev–Trinajstić information content (AvgIpc) is 3.12. The van der Waals surface area contributed by atoms with Gasteiger partial charge in [-0.05, 0) is 73.3 Å². The Kier molecular flexibility index (Phi) is 6.37. The molecule has 0 aliphatic heterocycles. The molecule has 1 amide bonds. The summed E-state index contributed by atoms with van der Waals surface area (Å²) in [6.07, 6.45) is 0. The molecule has 1 heterocycles. The maximum absolute atomic E-state index is 12.4. The zero-order chi connectivity index (χ0) is 19.2. The number of rotatable bonds is 7. The molecule has 140 valence electrons. The summed E-state index contributed by atoms with van der Waals surface area (Å²) in [6, 6.07) is 14.7. The second-order valence-electron chi connectivity index (χ2n) is 5.93. The second-order valence-corrected chi connectivity index (χ2v) is 7.28. The quantitative estimate of drug-likeness (QED) is 0.533. The number of nitrogens with one attached hydrogen (secondary N) is 1. The van der Waals surface area contributed by atoms with Gasteiger partial charge >= 0.3 is 0 Å². The van der Waals surface area contributed by atoms with Gasteiger partial charge in [0.25, 0.3) is 5.91 Å². The zero-order valence-electron chi connectivity index (χ0n) is 15.1. The van der Waals surface area contributed by atoms with Gasteiger partial charge in [0.1, 0.15) is 18.1 Å². The highest BCUT2D eigenvalue weighted by atomic mass is 35.5. The van der Waals surface area contributed by atoms with Crippen LogP contribution in [0, 0.1) is 6.92 Å². The number of halogens is 1. The molecule has 0 bridgehead atoms. The molecule has 1 aromatic heterocycles. The van der Waals surface area contributed by atoms with E-state index in [0.717, 1.165) is 28.3 Å². The zero-order valence-corrected chi connectivity index (χ0v) is 16.7. The first-order valence-electron chi connectivity index (χ1n) is 8.55. The van der Waals surface area contributed by atoms with Gasteiger partial charge in [-0.15, -0.1) is 11.3 Å². The first kappa shape index (κ1) is 19.3. The summed E-state index contributed by atoms with van der Waals surface area (Å²) in [5.74, 6) is 1.42. The fourth-order valence-electron chi connectivity index (χ4n) is 2.50. The van der Waals surface area contributed by atoms with Gasteiger partial charge in [0.15, 0.2) is 0 Å². The summed E-state index contributed by atoms with van der Waals surface area (Å²) in [4.78, 5) is 13.1. The van der Waals surface area contributed by atoms with Gasteiger partial charge < -0.3 is 14.8 Å². The maximum atomic E-state index is 12.4. The van der Waals surface area contributed by atoms with E-state index in [1.807, 2.05) is 61.7 Å². The minimum Gasteiger partial charge on any atom is -0.494 e. The molecule has 0 saturated carbocycles. The number of thiophene rings is 1. The number of amides is 1. The Hall–Kier alpha value is -2.50. The molecule has 0 unspecified atom stereocenters. The molecule has 0 aliphatic rings. The van der Waals surface area contributed by atoms with Crippen LogP contribution in [0.1, 0.15) is 27.7 Å². The molecular formula is C21H20ClNO3S. The van der Waals surface area contributed by atoms with Gasteiger partial charge in [-0.25, -0.2) is 0 Å². The third kappa shape index (κ3) is 5.25. The average molecular weight is 402 g/mol. The number of ether oxygens (including phenoxy) is 2. The van der Waals surface area contributed by atoms with Crippen molar-refractivity contribution in [2.24, 2.45) is 0 Å². The van der Waals surface area contributed by atoms with Gasteiger partial charge in [-0.2, -0.15) is 0 Å². The van der Waals surface area contributed by atoms with E-state index in [1.165, 1.54) is 11.3 Å². The number of carbonyl (C=O) groups excluding carboxylic acids is 1. The van der Waals surface area contributed by atoms with Crippen molar-refractivity contribution in [3.63, 3.8) is 0 Å². The van der Waals surface area contributed by atoms with Crippen molar-refractivity contribution in [1.82, 2.24) is 0 Å².